The van der Waals surface area contributed by atoms with Crippen LogP contribution in [0.25, 0.3) is 0 Å². The standard InChI is InChI=1S/C14H15NO2/c1-16-12-6-4-5-11(9-12)10-17-14-8-3-2-7-13(14)15/h2-9H,10,15H2,1H3. The molecule has 0 spiro atoms. The number of ether oxygens (including phenoxy) is 2. The zero-order valence-electron chi connectivity index (χ0n) is 9.72. The Morgan fingerprint density at radius 1 is 1.06 bits per heavy atom. The molecule has 0 saturated heterocycles. The second kappa shape index (κ2) is 5.25. The summed E-state index contributed by atoms with van der Waals surface area (Å²) in [6.07, 6.45) is 0. The minimum absolute atomic E-state index is 0.478. The highest BCUT2D eigenvalue weighted by Crippen LogP contribution is 2.21. The van der Waals surface area contributed by atoms with Gasteiger partial charge in [0.25, 0.3) is 0 Å². The molecule has 17 heavy (non-hydrogen) atoms. The van der Waals surface area contributed by atoms with Crippen molar-refractivity contribution in [2.75, 3.05) is 12.8 Å². The van der Waals surface area contributed by atoms with Crippen molar-refractivity contribution in [1.82, 2.24) is 0 Å². The van der Waals surface area contributed by atoms with Gasteiger partial charge in [-0.05, 0) is 29.8 Å². The molecular weight excluding hydrogens is 214 g/mol. The van der Waals surface area contributed by atoms with Gasteiger partial charge in [-0.25, -0.2) is 0 Å². The lowest BCUT2D eigenvalue weighted by Gasteiger charge is -2.09. The maximum atomic E-state index is 5.79. The van der Waals surface area contributed by atoms with Crippen molar-refractivity contribution in [3.05, 3.63) is 54.1 Å². The fourth-order valence-electron chi connectivity index (χ4n) is 1.54. The summed E-state index contributed by atoms with van der Waals surface area (Å²) >= 11 is 0. The predicted octanol–water partition coefficient (Wildman–Crippen LogP) is 2.86. The Kier molecular flexibility index (Phi) is 3.50. The Hall–Kier alpha value is -2.16. The highest BCUT2D eigenvalue weighted by Gasteiger charge is 2.00. The van der Waals surface area contributed by atoms with Crippen LogP contribution in [0.4, 0.5) is 5.69 Å². The van der Waals surface area contributed by atoms with Crippen molar-refractivity contribution in [2.45, 2.75) is 6.61 Å². The number of hydrogen-bond donors (Lipinski definition) is 1. The first kappa shape index (κ1) is 11.3. The van der Waals surface area contributed by atoms with Gasteiger partial charge in [-0.2, -0.15) is 0 Å². The fourth-order valence-corrected chi connectivity index (χ4v) is 1.54. The van der Waals surface area contributed by atoms with Crippen LogP contribution in [0.15, 0.2) is 48.5 Å². The summed E-state index contributed by atoms with van der Waals surface area (Å²) in [5.41, 5.74) is 7.49. The van der Waals surface area contributed by atoms with E-state index in [0.29, 0.717) is 18.0 Å². The number of methoxy groups -OCH3 is 1. The third kappa shape index (κ3) is 2.91. The largest absolute Gasteiger partial charge is 0.497 e. The first-order chi connectivity index (χ1) is 8.29. The second-order valence-corrected chi connectivity index (χ2v) is 3.68. The van der Waals surface area contributed by atoms with Crippen molar-refractivity contribution < 1.29 is 9.47 Å². The van der Waals surface area contributed by atoms with Gasteiger partial charge in [0.15, 0.2) is 0 Å². The zero-order valence-corrected chi connectivity index (χ0v) is 9.72. The van der Waals surface area contributed by atoms with Crippen LogP contribution in [0.3, 0.4) is 0 Å². The van der Waals surface area contributed by atoms with Crippen LogP contribution in [0, 0.1) is 0 Å². The lowest BCUT2D eigenvalue weighted by molar-refractivity contribution is 0.307. The summed E-state index contributed by atoms with van der Waals surface area (Å²) in [6.45, 7) is 0.478. The van der Waals surface area contributed by atoms with Crippen molar-refractivity contribution in [3.8, 4) is 11.5 Å². The third-order valence-electron chi connectivity index (χ3n) is 2.45. The van der Waals surface area contributed by atoms with E-state index in [0.717, 1.165) is 11.3 Å². The van der Waals surface area contributed by atoms with Gasteiger partial charge in [-0.15, -0.1) is 0 Å². The SMILES string of the molecule is COc1cccc(COc2ccccc2N)c1. The summed E-state index contributed by atoms with van der Waals surface area (Å²) < 4.78 is 10.8. The Bertz CT molecular complexity index is 497. The second-order valence-electron chi connectivity index (χ2n) is 3.68. The molecule has 2 aromatic carbocycles. The average Bonchev–Trinajstić information content (AvgIpc) is 2.38. The Morgan fingerprint density at radius 3 is 2.65 bits per heavy atom. The minimum Gasteiger partial charge on any atom is -0.497 e. The summed E-state index contributed by atoms with van der Waals surface area (Å²) in [4.78, 5) is 0. The van der Waals surface area contributed by atoms with E-state index < -0.39 is 0 Å². The van der Waals surface area contributed by atoms with E-state index in [-0.39, 0.29) is 0 Å². The zero-order chi connectivity index (χ0) is 12.1. The molecule has 0 aliphatic carbocycles. The van der Waals surface area contributed by atoms with Gasteiger partial charge >= 0.3 is 0 Å². The van der Waals surface area contributed by atoms with Crippen LogP contribution >= 0.6 is 0 Å². The van der Waals surface area contributed by atoms with Gasteiger partial charge in [-0.3, -0.25) is 0 Å². The summed E-state index contributed by atoms with van der Waals surface area (Å²) in [5, 5.41) is 0. The van der Waals surface area contributed by atoms with E-state index in [9.17, 15) is 0 Å². The molecule has 0 fully saturated rings. The highest BCUT2D eigenvalue weighted by atomic mass is 16.5. The van der Waals surface area contributed by atoms with E-state index in [4.69, 9.17) is 15.2 Å². The summed E-state index contributed by atoms with van der Waals surface area (Å²) in [7, 11) is 1.65. The first-order valence-electron chi connectivity index (χ1n) is 5.40. The molecule has 0 radical (unpaired) electrons. The van der Waals surface area contributed by atoms with E-state index in [2.05, 4.69) is 0 Å². The van der Waals surface area contributed by atoms with Gasteiger partial charge in [0.2, 0.25) is 0 Å². The molecule has 0 atom stereocenters. The number of rotatable bonds is 4. The van der Waals surface area contributed by atoms with Gasteiger partial charge in [0.1, 0.15) is 18.1 Å². The van der Waals surface area contributed by atoms with Crippen LogP contribution in [-0.4, -0.2) is 7.11 Å². The molecule has 3 heteroatoms. The van der Waals surface area contributed by atoms with Crippen molar-refractivity contribution >= 4 is 5.69 Å². The normalized spacial score (nSPS) is 9.94. The average molecular weight is 229 g/mol. The Balaban J connectivity index is 2.05. The number of para-hydroxylation sites is 2. The minimum atomic E-state index is 0.478. The van der Waals surface area contributed by atoms with Crippen molar-refractivity contribution in [2.24, 2.45) is 0 Å². The van der Waals surface area contributed by atoms with Crippen molar-refractivity contribution in [3.63, 3.8) is 0 Å². The topological polar surface area (TPSA) is 44.5 Å². The molecule has 0 bridgehead atoms. The number of anilines is 1. The van der Waals surface area contributed by atoms with Gasteiger partial charge in [0.05, 0.1) is 12.8 Å². The molecular formula is C14H15NO2. The molecule has 0 aromatic heterocycles. The van der Waals surface area contributed by atoms with E-state index in [1.165, 1.54) is 0 Å². The molecule has 2 aromatic rings. The van der Waals surface area contributed by atoms with Crippen LogP contribution in [0.2, 0.25) is 0 Å². The fraction of sp³-hybridized carbons (Fsp3) is 0.143. The summed E-state index contributed by atoms with van der Waals surface area (Å²) in [5.74, 6) is 1.53. The van der Waals surface area contributed by atoms with Gasteiger partial charge in [0, 0.05) is 0 Å². The third-order valence-corrected chi connectivity index (χ3v) is 2.45. The van der Waals surface area contributed by atoms with Crippen LogP contribution in [-0.2, 0) is 6.61 Å². The molecule has 0 aliphatic rings. The van der Waals surface area contributed by atoms with E-state index >= 15 is 0 Å². The van der Waals surface area contributed by atoms with Crippen LogP contribution in [0.1, 0.15) is 5.56 Å². The van der Waals surface area contributed by atoms with Crippen molar-refractivity contribution in [1.29, 1.82) is 0 Å². The molecule has 0 unspecified atom stereocenters. The first-order valence-corrected chi connectivity index (χ1v) is 5.40. The number of nitrogen functional groups attached to an aromatic ring is 1. The van der Waals surface area contributed by atoms with Gasteiger partial charge in [-0.1, -0.05) is 24.3 Å². The molecule has 0 heterocycles. The highest BCUT2D eigenvalue weighted by molar-refractivity contribution is 5.51. The lowest BCUT2D eigenvalue weighted by atomic mass is 10.2. The van der Waals surface area contributed by atoms with Gasteiger partial charge < -0.3 is 15.2 Å². The van der Waals surface area contributed by atoms with E-state index in [1.807, 2.05) is 48.5 Å². The molecule has 2 rings (SSSR count). The molecule has 2 N–H and O–H groups in total. The smallest absolute Gasteiger partial charge is 0.142 e. The van der Waals surface area contributed by atoms with Crippen LogP contribution in [0.5, 0.6) is 11.5 Å². The monoisotopic (exact) mass is 229 g/mol. The maximum absolute atomic E-state index is 5.79. The lowest BCUT2D eigenvalue weighted by Crippen LogP contribution is -1.98. The molecule has 3 nitrogen and oxygen atoms in total. The number of hydrogen-bond acceptors (Lipinski definition) is 3. The number of nitrogens with two attached hydrogens (primary N) is 1. The molecule has 88 valence electrons. The van der Waals surface area contributed by atoms with Crippen LogP contribution < -0.4 is 15.2 Å². The number of benzene rings is 2. The predicted molar refractivity (Wildman–Crippen MR) is 68.2 cm³/mol. The molecule has 0 saturated carbocycles. The Morgan fingerprint density at radius 2 is 1.88 bits per heavy atom. The Labute approximate surface area is 101 Å². The summed E-state index contributed by atoms with van der Waals surface area (Å²) in [6, 6.07) is 15.2. The molecule has 0 aliphatic heterocycles. The maximum Gasteiger partial charge on any atom is 0.142 e. The molecule has 0 amide bonds. The quantitative estimate of drug-likeness (QED) is 0.820. The van der Waals surface area contributed by atoms with E-state index in [1.54, 1.807) is 7.11 Å².